The van der Waals surface area contributed by atoms with Gasteiger partial charge in [-0.1, -0.05) is 24.3 Å². The van der Waals surface area contributed by atoms with Gasteiger partial charge >= 0.3 is 0 Å². The van der Waals surface area contributed by atoms with Gasteiger partial charge in [0.25, 0.3) is 0 Å². The number of halogens is 1. The molecule has 3 aromatic rings. The summed E-state index contributed by atoms with van der Waals surface area (Å²) in [4.78, 5) is 6.69. The lowest BCUT2D eigenvalue weighted by atomic mass is 10.0. The quantitative estimate of drug-likeness (QED) is 0.713. The Labute approximate surface area is 165 Å². The van der Waals surface area contributed by atoms with Crippen LogP contribution in [0.3, 0.4) is 0 Å². The minimum absolute atomic E-state index is 0.198. The predicted molar refractivity (Wildman–Crippen MR) is 110 cm³/mol. The van der Waals surface area contributed by atoms with Crippen molar-refractivity contribution >= 4 is 5.69 Å². The Kier molecular flexibility index (Phi) is 5.67. The van der Waals surface area contributed by atoms with Crippen molar-refractivity contribution in [3.63, 3.8) is 0 Å². The standard InChI is InChI=1S/C22H26FN5/c1-27-22(25-16-26-27)8-11-24-20-9-12-28(13-10-20)21-7-3-5-18(15-21)17-4-2-6-19(23)14-17/h2-7,14-16,20,24H,8-13H2,1H3. The van der Waals surface area contributed by atoms with E-state index in [1.807, 2.05) is 23.9 Å². The molecule has 2 aromatic carbocycles. The molecule has 0 amide bonds. The van der Waals surface area contributed by atoms with Gasteiger partial charge in [0.1, 0.15) is 18.0 Å². The summed E-state index contributed by atoms with van der Waals surface area (Å²) in [5, 5.41) is 7.76. The maximum Gasteiger partial charge on any atom is 0.138 e. The van der Waals surface area contributed by atoms with Crippen LogP contribution in [0.1, 0.15) is 18.7 Å². The first-order chi connectivity index (χ1) is 13.7. The van der Waals surface area contributed by atoms with Crippen LogP contribution in [0.5, 0.6) is 0 Å². The molecule has 146 valence electrons. The summed E-state index contributed by atoms with van der Waals surface area (Å²) < 4.78 is 15.4. The van der Waals surface area contributed by atoms with Crippen molar-refractivity contribution in [3.8, 4) is 11.1 Å². The van der Waals surface area contributed by atoms with Gasteiger partial charge < -0.3 is 10.2 Å². The molecule has 1 aliphatic heterocycles. The highest BCUT2D eigenvalue weighted by atomic mass is 19.1. The molecular formula is C22H26FN5. The second-order valence-corrected chi connectivity index (χ2v) is 7.33. The Balaban J connectivity index is 1.31. The molecular weight excluding hydrogens is 353 g/mol. The number of benzene rings is 2. The van der Waals surface area contributed by atoms with Gasteiger partial charge in [0.15, 0.2) is 0 Å². The van der Waals surface area contributed by atoms with E-state index in [9.17, 15) is 4.39 Å². The van der Waals surface area contributed by atoms with Crippen molar-refractivity contribution in [3.05, 3.63) is 66.5 Å². The number of nitrogens with zero attached hydrogens (tertiary/aromatic N) is 4. The van der Waals surface area contributed by atoms with Crippen LogP contribution >= 0.6 is 0 Å². The average Bonchev–Trinajstić information content (AvgIpc) is 3.13. The van der Waals surface area contributed by atoms with Gasteiger partial charge in [-0.05, 0) is 48.2 Å². The van der Waals surface area contributed by atoms with Crippen molar-refractivity contribution in [2.45, 2.75) is 25.3 Å². The molecule has 0 atom stereocenters. The monoisotopic (exact) mass is 379 g/mol. The molecule has 0 aliphatic carbocycles. The van der Waals surface area contributed by atoms with Crippen LogP contribution < -0.4 is 10.2 Å². The molecule has 28 heavy (non-hydrogen) atoms. The number of hydrogen-bond donors (Lipinski definition) is 1. The molecule has 1 N–H and O–H groups in total. The van der Waals surface area contributed by atoms with Crippen molar-refractivity contribution in [2.75, 3.05) is 24.5 Å². The molecule has 2 heterocycles. The minimum atomic E-state index is -0.198. The summed E-state index contributed by atoms with van der Waals surface area (Å²) in [6, 6.07) is 15.7. The Morgan fingerprint density at radius 3 is 2.54 bits per heavy atom. The highest BCUT2D eigenvalue weighted by Crippen LogP contribution is 2.27. The van der Waals surface area contributed by atoms with E-state index in [1.165, 1.54) is 11.8 Å². The van der Waals surface area contributed by atoms with Gasteiger partial charge in [0.2, 0.25) is 0 Å². The second kappa shape index (κ2) is 8.52. The number of anilines is 1. The summed E-state index contributed by atoms with van der Waals surface area (Å²) in [6.07, 6.45) is 4.73. The molecule has 0 saturated carbocycles. The van der Waals surface area contributed by atoms with Crippen LogP contribution in [0, 0.1) is 5.82 Å². The van der Waals surface area contributed by atoms with Crippen LogP contribution in [-0.2, 0) is 13.5 Å². The van der Waals surface area contributed by atoms with E-state index < -0.39 is 0 Å². The summed E-state index contributed by atoms with van der Waals surface area (Å²) >= 11 is 0. The highest BCUT2D eigenvalue weighted by molar-refractivity contribution is 5.68. The molecule has 0 spiro atoms. The summed E-state index contributed by atoms with van der Waals surface area (Å²) in [5.74, 6) is 0.815. The van der Waals surface area contributed by atoms with Crippen molar-refractivity contribution in [1.29, 1.82) is 0 Å². The van der Waals surface area contributed by atoms with E-state index in [-0.39, 0.29) is 5.82 Å². The van der Waals surface area contributed by atoms with Gasteiger partial charge in [-0.15, -0.1) is 0 Å². The third kappa shape index (κ3) is 4.39. The molecule has 6 heteroatoms. The fourth-order valence-corrected chi connectivity index (χ4v) is 3.83. The summed E-state index contributed by atoms with van der Waals surface area (Å²) in [7, 11) is 1.93. The molecule has 1 aromatic heterocycles. The van der Waals surface area contributed by atoms with Gasteiger partial charge in [0, 0.05) is 44.8 Å². The lowest BCUT2D eigenvalue weighted by molar-refractivity contribution is 0.415. The molecule has 0 radical (unpaired) electrons. The van der Waals surface area contributed by atoms with Crippen LogP contribution in [0.2, 0.25) is 0 Å². The Morgan fingerprint density at radius 1 is 1.07 bits per heavy atom. The van der Waals surface area contributed by atoms with Crippen molar-refractivity contribution < 1.29 is 4.39 Å². The maximum absolute atomic E-state index is 13.5. The molecule has 1 saturated heterocycles. The van der Waals surface area contributed by atoms with E-state index >= 15 is 0 Å². The molecule has 0 bridgehead atoms. The Morgan fingerprint density at radius 2 is 1.82 bits per heavy atom. The minimum Gasteiger partial charge on any atom is -0.371 e. The topological polar surface area (TPSA) is 46.0 Å². The SMILES string of the molecule is Cn1ncnc1CCNC1CCN(c2cccc(-c3cccc(F)c3)c2)CC1. The number of rotatable bonds is 6. The zero-order chi connectivity index (χ0) is 19.3. The van der Waals surface area contributed by atoms with E-state index in [0.29, 0.717) is 6.04 Å². The van der Waals surface area contributed by atoms with Crippen molar-refractivity contribution in [2.24, 2.45) is 7.05 Å². The Bertz CT molecular complexity index is 915. The van der Waals surface area contributed by atoms with Crippen LogP contribution in [-0.4, -0.2) is 40.4 Å². The highest BCUT2D eigenvalue weighted by Gasteiger charge is 2.19. The third-order valence-corrected chi connectivity index (χ3v) is 5.45. The molecule has 1 aliphatic rings. The summed E-state index contributed by atoms with van der Waals surface area (Å²) in [6.45, 7) is 2.97. The fraction of sp³-hybridized carbons (Fsp3) is 0.364. The average molecular weight is 379 g/mol. The van der Waals surface area contributed by atoms with E-state index in [4.69, 9.17) is 0 Å². The zero-order valence-corrected chi connectivity index (χ0v) is 16.2. The Hall–Kier alpha value is -2.73. The smallest absolute Gasteiger partial charge is 0.138 e. The lowest BCUT2D eigenvalue weighted by Gasteiger charge is -2.34. The number of nitrogens with one attached hydrogen (secondary N) is 1. The number of aromatic nitrogens is 3. The lowest BCUT2D eigenvalue weighted by Crippen LogP contribution is -2.43. The largest absolute Gasteiger partial charge is 0.371 e. The first-order valence-corrected chi connectivity index (χ1v) is 9.86. The maximum atomic E-state index is 13.5. The molecule has 5 nitrogen and oxygen atoms in total. The third-order valence-electron chi connectivity index (χ3n) is 5.45. The predicted octanol–water partition coefficient (Wildman–Crippen LogP) is 3.42. The summed E-state index contributed by atoms with van der Waals surface area (Å²) in [5.41, 5.74) is 3.18. The molecule has 4 rings (SSSR count). The number of aryl methyl sites for hydroxylation is 1. The molecule has 0 unspecified atom stereocenters. The van der Waals surface area contributed by atoms with Crippen LogP contribution in [0.15, 0.2) is 54.9 Å². The van der Waals surface area contributed by atoms with E-state index in [1.54, 1.807) is 18.5 Å². The number of hydrogen-bond acceptors (Lipinski definition) is 4. The first kappa shape index (κ1) is 18.6. The fourth-order valence-electron chi connectivity index (χ4n) is 3.83. The first-order valence-electron chi connectivity index (χ1n) is 9.86. The van der Waals surface area contributed by atoms with Gasteiger partial charge in [0.05, 0.1) is 0 Å². The van der Waals surface area contributed by atoms with Gasteiger partial charge in [-0.25, -0.2) is 9.37 Å². The second-order valence-electron chi connectivity index (χ2n) is 7.33. The van der Waals surface area contributed by atoms with Gasteiger partial charge in [-0.3, -0.25) is 4.68 Å². The van der Waals surface area contributed by atoms with Crippen molar-refractivity contribution in [1.82, 2.24) is 20.1 Å². The molecule has 1 fully saturated rings. The normalized spacial score (nSPS) is 15.1. The van der Waals surface area contributed by atoms with Gasteiger partial charge in [-0.2, -0.15) is 5.10 Å². The van der Waals surface area contributed by atoms with E-state index in [2.05, 4.69) is 38.5 Å². The van der Waals surface area contributed by atoms with Crippen LogP contribution in [0.25, 0.3) is 11.1 Å². The number of piperidine rings is 1. The zero-order valence-electron chi connectivity index (χ0n) is 16.2. The van der Waals surface area contributed by atoms with Crippen LogP contribution in [0.4, 0.5) is 10.1 Å². The van der Waals surface area contributed by atoms with E-state index in [0.717, 1.165) is 55.8 Å².